The zero-order valence-corrected chi connectivity index (χ0v) is 16.1. The molecular weight excluding hydrogens is 359 g/mol. The highest BCUT2D eigenvalue weighted by Gasteiger charge is 2.40. The average molecular weight is 384 g/mol. The van der Waals surface area contributed by atoms with E-state index in [1.165, 1.54) is 24.3 Å². The van der Waals surface area contributed by atoms with Crippen LogP contribution in [0.4, 0.5) is 10.1 Å². The molecule has 0 atom stereocenters. The quantitative estimate of drug-likeness (QED) is 0.602. The van der Waals surface area contributed by atoms with E-state index in [-0.39, 0.29) is 24.0 Å². The SMILES string of the molecule is CCNC(=NCC(=O)Nc1ccc(F)cc1)N1CCS(=O)(=O)C(C)(C)C1. The van der Waals surface area contributed by atoms with E-state index in [0.717, 1.165) is 0 Å². The molecular formula is C17H25FN4O3S. The predicted octanol–water partition coefficient (Wildman–Crippen LogP) is 1.24. The van der Waals surface area contributed by atoms with Crippen LogP contribution in [0.5, 0.6) is 0 Å². The maximum Gasteiger partial charge on any atom is 0.246 e. The summed E-state index contributed by atoms with van der Waals surface area (Å²) < 4.78 is 36.3. The first-order chi connectivity index (χ1) is 12.1. The number of carbonyl (C=O) groups excluding carboxylic acids is 1. The summed E-state index contributed by atoms with van der Waals surface area (Å²) in [5, 5.41) is 5.74. The summed E-state index contributed by atoms with van der Waals surface area (Å²) >= 11 is 0. The Morgan fingerprint density at radius 1 is 1.31 bits per heavy atom. The van der Waals surface area contributed by atoms with Gasteiger partial charge < -0.3 is 15.5 Å². The summed E-state index contributed by atoms with van der Waals surface area (Å²) in [6.45, 7) is 6.40. The van der Waals surface area contributed by atoms with Crippen molar-refractivity contribution < 1.29 is 17.6 Å². The van der Waals surface area contributed by atoms with Gasteiger partial charge in [-0.25, -0.2) is 17.8 Å². The second-order valence-corrected chi connectivity index (χ2v) is 9.47. The van der Waals surface area contributed by atoms with Crippen molar-refractivity contribution in [2.45, 2.75) is 25.5 Å². The van der Waals surface area contributed by atoms with Gasteiger partial charge in [-0.3, -0.25) is 4.79 Å². The van der Waals surface area contributed by atoms with Gasteiger partial charge in [0.05, 0.1) is 10.5 Å². The Balaban J connectivity index is 2.04. The molecule has 2 N–H and O–H groups in total. The van der Waals surface area contributed by atoms with E-state index in [2.05, 4.69) is 15.6 Å². The third-order valence-electron chi connectivity index (χ3n) is 4.18. The largest absolute Gasteiger partial charge is 0.357 e. The molecule has 0 saturated carbocycles. The van der Waals surface area contributed by atoms with E-state index in [4.69, 9.17) is 0 Å². The molecule has 0 aromatic heterocycles. The number of amides is 1. The number of carbonyl (C=O) groups is 1. The van der Waals surface area contributed by atoms with Crippen molar-refractivity contribution in [3.05, 3.63) is 30.1 Å². The molecule has 9 heteroatoms. The highest BCUT2D eigenvalue weighted by Crippen LogP contribution is 2.23. The van der Waals surface area contributed by atoms with Gasteiger partial charge in [0, 0.05) is 25.3 Å². The maximum absolute atomic E-state index is 12.9. The minimum Gasteiger partial charge on any atom is -0.357 e. The van der Waals surface area contributed by atoms with Crippen molar-refractivity contribution in [3.8, 4) is 0 Å². The lowest BCUT2D eigenvalue weighted by molar-refractivity contribution is -0.114. The van der Waals surface area contributed by atoms with Crippen LogP contribution in [0.1, 0.15) is 20.8 Å². The Hall–Kier alpha value is -2.16. The second kappa shape index (κ2) is 8.03. The third kappa shape index (κ3) is 4.94. The summed E-state index contributed by atoms with van der Waals surface area (Å²) in [6.07, 6.45) is 0. The highest BCUT2D eigenvalue weighted by molar-refractivity contribution is 7.92. The van der Waals surface area contributed by atoms with E-state index in [1.54, 1.807) is 13.8 Å². The molecule has 26 heavy (non-hydrogen) atoms. The third-order valence-corrected chi connectivity index (χ3v) is 6.71. The van der Waals surface area contributed by atoms with Crippen LogP contribution in [0, 0.1) is 5.82 Å². The number of nitrogens with one attached hydrogen (secondary N) is 2. The molecule has 1 amide bonds. The number of rotatable bonds is 4. The Morgan fingerprint density at radius 2 is 1.96 bits per heavy atom. The van der Waals surface area contributed by atoms with Crippen LogP contribution in [0.15, 0.2) is 29.3 Å². The molecule has 0 bridgehead atoms. The zero-order chi connectivity index (χ0) is 19.4. The van der Waals surface area contributed by atoms with Gasteiger partial charge >= 0.3 is 0 Å². The second-order valence-electron chi connectivity index (χ2n) is 6.73. The summed E-state index contributed by atoms with van der Waals surface area (Å²) in [7, 11) is -3.15. The smallest absolute Gasteiger partial charge is 0.246 e. The van der Waals surface area contributed by atoms with Crippen molar-refractivity contribution in [1.29, 1.82) is 0 Å². The maximum atomic E-state index is 12.9. The fourth-order valence-corrected chi connectivity index (χ4v) is 4.00. The van der Waals surface area contributed by atoms with E-state index >= 15 is 0 Å². The van der Waals surface area contributed by atoms with E-state index < -0.39 is 14.6 Å². The number of anilines is 1. The van der Waals surface area contributed by atoms with Gasteiger partial charge in [0.1, 0.15) is 12.4 Å². The van der Waals surface area contributed by atoms with Crippen molar-refractivity contribution >= 4 is 27.4 Å². The van der Waals surface area contributed by atoms with Gasteiger partial charge in [0.15, 0.2) is 15.8 Å². The number of aliphatic imine (C=N–C) groups is 1. The molecule has 2 rings (SSSR count). The number of benzene rings is 1. The fraction of sp³-hybridized carbons (Fsp3) is 0.529. The van der Waals surface area contributed by atoms with Gasteiger partial charge in [-0.05, 0) is 45.0 Å². The summed E-state index contributed by atoms with van der Waals surface area (Å²) in [4.78, 5) is 18.2. The Kier molecular flexibility index (Phi) is 6.22. The van der Waals surface area contributed by atoms with Crippen molar-refractivity contribution in [3.63, 3.8) is 0 Å². The lowest BCUT2D eigenvalue weighted by Crippen LogP contribution is -2.57. The van der Waals surface area contributed by atoms with Crippen LogP contribution in [-0.2, 0) is 14.6 Å². The zero-order valence-electron chi connectivity index (χ0n) is 15.3. The number of hydrogen-bond acceptors (Lipinski definition) is 4. The molecule has 0 radical (unpaired) electrons. The molecule has 7 nitrogen and oxygen atoms in total. The van der Waals surface area contributed by atoms with Crippen LogP contribution in [0.2, 0.25) is 0 Å². The molecule has 144 valence electrons. The molecule has 1 heterocycles. The van der Waals surface area contributed by atoms with Crippen LogP contribution in [-0.4, -0.2) is 61.9 Å². The van der Waals surface area contributed by atoms with Crippen LogP contribution in [0.25, 0.3) is 0 Å². The molecule has 1 fully saturated rings. The van der Waals surface area contributed by atoms with Crippen molar-refractivity contribution in [2.24, 2.45) is 4.99 Å². The normalized spacial score (nSPS) is 19.1. The van der Waals surface area contributed by atoms with Crippen LogP contribution >= 0.6 is 0 Å². The number of guanidine groups is 1. The minimum atomic E-state index is -3.15. The molecule has 0 spiro atoms. The van der Waals surface area contributed by atoms with E-state index in [0.29, 0.717) is 31.3 Å². The Bertz CT molecular complexity index is 776. The van der Waals surface area contributed by atoms with Crippen molar-refractivity contribution in [2.75, 3.05) is 37.2 Å². The monoisotopic (exact) mass is 384 g/mol. The van der Waals surface area contributed by atoms with Gasteiger partial charge in [-0.2, -0.15) is 0 Å². The molecule has 1 aromatic rings. The topological polar surface area (TPSA) is 90.9 Å². The Morgan fingerprint density at radius 3 is 2.54 bits per heavy atom. The lowest BCUT2D eigenvalue weighted by atomic mass is 10.2. The summed E-state index contributed by atoms with van der Waals surface area (Å²) in [5.41, 5.74) is 0.488. The Labute approximate surface area is 153 Å². The number of sulfone groups is 1. The van der Waals surface area contributed by atoms with Gasteiger partial charge in [0.25, 0.3) is 0 Å². The average Bonchev–Trinajstić information content (AvgIpc) is 2.56. The summed E-state index contributed by atoms with van der Waals surface area (Å²) in [5.74, 6) is -0.162. The molecule has 1 aliphatic rings. The van der Waals surface area contributed by atoms with E-state index in [1.807, 2.05) is 11.8 Å². The summed E-state index contributed by atoms with van der Waals surface area (Å²) in [6, 6.07) is 5.47. The van der Waals surface area contributed by atoms with Crippen molar-refractivity contribution in [1.82, 2.24) is 10.2 Å². The minimum absolute atomic E-state index is 0.0478. The van der Waals surface area contributed by atoms with Crippen LogP contribution < -0.4 is 10.6 Å². The molecule has 0 unspecified atom stereocenters. The standard InChI is InChI=1S/C17H25FN4O3S/c1-4-19-16(22-9-10-26(24,25)17(2,3)12-22)20-11-15(23)21-14-7-5-13(18)6-8-14/h5-8H,4,9-12H2,1-3H3,(H,19,20)(H,21,23). The molecule has 1 aliphatic heterocycles. The first kappa shape index (κ1) is 20.2. The molecule has 1 aromatic carbocycles. The van der Waals surface area contributed by atoms with Gasteiger partial charge in [0.2, 0.25) is 5.91 Å². The van der Waals surface area contributed by atoms with E-state index in [9.17, 15) is 17.6 Å². The fourth-order valence-electron chi connectivity index (χ4n) is 2.63. The first-order valence-corrected chi connectivity index (χ1v) is 10.1. The lowest BCUT2D eigenvalue weighted by Gasteiger charge is -2.39. The van der Waals surface area contributed by atoms with Gasteiger partial charge in [-0.15, -0.1) is 0 Å². The molecule has 1 saturated heterocycles. The number of nitrogens with zero attached hydrogens (tertiary/aromatic N) is 2. The predicted molar refractivity (Wildman–Crippen MR) is 100 cm³/mol. The van der Waals surface area contributed by atoms with Gasteiger partial charge in [-0.1, -0.05) is 0 Å². The first-order valence-electron chi connectivity index (χ1n) is 8.45. The number of hydrogen-bond donors (Lipinski definition) is 2. The number of halogens is 1. The van der Waals surface area contributed by atoms with Crippen LogP contribution in [0.3, 0.4) is 0 Å². The molecule has 0 aliphatic carbocycles. The highest BCUT2D eigenvalue weighted by atomic mass is 32.2.